The van der Waals surface area contributed by atoms with Crippen molar-refractivity contribution >= 4 is 22.6 Å². The average molecular weight is 457 g/mol. The number of hydrogen-bond donors (Lipinski definition) is 0. The molecule has 6 nitrogen and oxygen atoms in total. The van der Waals surface area contributed by atoms with Crippen molar-refractivity contribution in [2.24, 2.45) is 0 Å². The van der Waals surface area contributed by atoms with E-state index in [0.717, 1.165) is 6.07 Å². The molecule has 0 saturated carbocycles. The van der Waals surface area contributed by atoms with Crippen LogP contribution in [0, 0.1) is 5.82 Å². The third-order valence-electron chi connectivity index (χ3n) is 5.71. The predicted octanol–water partition coefficient (Wildman–Crippen LogP) is 5.26. The molecule has 0 bridgehead atoms. The number of nitrogens with zero attached hydrogens (tertiary/aromatic N) is 1. The van der Waals surface area contributed by atoms with Gasteiger partial charge in [0.1, 0.15) is 29.5 Å². The van der Waals surface area contributed by atoms with Crippen molar-refractivity contribution in [2.75, 3.05) is 18.6 Å². The van der Waals surface area contributed by atoms with Crippen molar-refractivity contribution in [3.63, 3.8) is 0 Å². The van der Waals surface area contributed by atoms with Gasteiger partial charge < -0.3 is 13.9 Å². The standard InChI is InChI=1S/C27H20FNO5/c1-3-12-33-20-9-4-6-16(13-20)24-23-25(30)21-14-17(28)10-11-22(21)34-26(23)27(31)29(24)18-7-5-8-19(15-18)32-2/h3-11,13-15,24H,1,12H2,2H3. The second kappa shape index (κ2) is 8.51. The third-order valence-corrected chi connectivity index (χ3v) is 5.71. The first kappa shape index (κ1) is 21.5. The Morgan fingerprint density at radius 1 is 1.06 bits per heavy atom. The fourth-order valence-electron chi connectivity index (χ4n) is 4.22. The maximum atomic E-state index is 14.0. The largest absolute Gasteiger partial charge is 0.497 e. The van der Waals surface area contributed by atoms with Crippen molar-refractivity contribution in [2.45, 2.75) is 6.04 Å². The minimum atomic E-state index is -0.814. The topological polar surface area (TPSA) is 69.0 Å². The molecule has 0 fully saturated rings. The van der Waals surface area contributed by atoms with Crippen LogP contribution in [0.2, 0.25) is 0 Å². The number of rotatable bonds is 6. The van der Waals surface area contributed by atoms with Gasteiger partial charge in [-0.2, -0.15) is 0 Å². The van der Waals surface area contributed by atoms with Crippen LogP contribution in [0.4, 0.5) is 10.1 Å². The fraction of sp³-hybridized carbons (Fsp3) is 0.111. The van der Waals surface area contributed by atoms with Crippen LogP contribution < -0.4 is 19.8 Å². The molecular formula is C27H20FNO5. The zero-order valence-corrected chi connectivity index (χ0v) is 18.3. The van der Waals surface area contributed by atoms with Crippen molar-refractivity contribution in [1.82, 2.24) is 0 Å². The lowest BCUT2D eigenvalue weighted by molar-refractivity contribution is 0.0971. The van der Waals surface area contributed by atoms with E-state index in [1.165, 1.54) is 24.1 Å². The van der Waals surface area contributed by atoms with E-state index in [9.17, 15) is 14.0 Å². The van der Waals surface area contributed by atoms with Gasteiger partial charge in [-0.3, -0.25) is 14.5 Å². The second-order valence-corrected chi connectivity index (χ2v) is 7.77. The normalized spacial score (nSPS) is 14.8. The zero-order chi connectivity index (χ0) is 23.8. The van der Waals surface area contributed by atoms with Crippen molar-refractivity contribution in [3.05, 3.63) is 112 Å². The Kier molecular flexibility index (Phi) is 5.37. The van der Waals surface area contributed by atoms with Gasteiger partial charge in [0, 0.05) is 11.8 Å². The van der Waals surface area contributed by atoms with E-state index >= 15 is 0 Å². The molecule has 7 heteroatoms. The van der Waals surface area contributed by atoms with Crippen LogP contribution >= 0.6 is 0 Å². The molecule has 4 aromatic rings. The number of benzene rings is 3. The van der Waals surface area contributed by atoms with E-state index < -0.39 is 23.2 Å². The quantitative estimate of drug-likeness (QED) is 0.370. The SMILES string of the molecule is C=CCOc1cccc(C2c3c(oc4ccc(F)cc4c3=O)C(=O)N2c2cccc(OC)c2)c1. The van der Waals surface area contributed by atoms with E-state index in [4.69, 9.17) is 13.9 Å². The third kappa shape index (κ3) is 3.51. The fourth-order valence-corrected chi connectivity index (χ4v) is 4.22. The smallest absolute Gasteiger partial charge is 0.295 e. The van der Waals surface area contributed by atoms with Crippen LogP contribution in [0.5, 0.6) is 11.5 Å². The number of methoxy groups -OCH3 is 1. The van der Waals surface area contributed by atoms with Gasteiger partial charge in [-0.25, -0.2) is 4.39 Å². The van der Waals surface area contributed by atoms with Crippen molar-refractivity contribution < 1.29 is 23.1 Å². The predicted molar refractivity (Wildman–Crippen MR) is 126 cm³/mol. The molecule has 0 saturated heterocycles. The van der Waals surface area contributed by atoms with Crippen molar-refractivity contribution in [1.29, 1.82) is 0 Å². The Hall–Kier alpha value is -4.39. The Balaban J connectivity index is 1.77. The molecule has 5 rings (SSSR count). The van der Waals surface area contributed by atoms with Gasteiger partial charge in [-0.1, -0.05) is 30.9 Å². The maximum Gasteiger partial charge on any atom is 0.295 e. The number of ether oxygens (including phenoxy) is 2. The first-order valence-electron chi connectivity index (χ1n) is 10.6. The highest BCUT2D eigenvalue weighted by Crippen LogP contribution is 2.42. The van der Waals surface area contributed by atoms with E-state index in [0.29, 0.717) is 29.4 Å². The molecule has 3 aromatic carbocycles. The first-order valence-corrected chi connectivity index (χ1v) is 10.6. The van der Waals surface area contributed by atoms with Crippen LogP contribution in [0.1, 0.15) is 27.7 Å². The highest BCUT2D eigenvalue weighted by Gasteiger charge is 2.44. The lowest BCUT2D eigenvalue weighted by Gasteiger charge is -2.26. The molecule has 1 atom stereocenters. The minimum Gasteiger partial charge on any atom is -0.497 e. The summed E-state index contributed by atoms with van der Waals surface area (Å²) in [7, 11) is 1.53. The number of halogens is 1. The molecule has 0 N–H and O–H groups in total. The number of fused-ring (bicyclic) bond motifs is 2. The highest BCUT2D eigenvalue weighted by atomic mass is 19.1. The van der Waals surface area contributed by atoms with Gasteiger partial charge in [0.15, 0.2) is 5.43 Å². The number of carbonyl (C=O) groups is 1. The second-order valence-electron chi connectivity index (χ2n) is 7.77. The molecule has 0 spiro atoms. The summed E-state index contributed by atoms with van der Waals surface area (Å²) in [4.78, 5) is 28.7. The van der Waals surface area contributed by atoms with Crippen LogP contribution in [0.15, 0.2) is 88.6 Å². The Bertz CT molecular complexity index is 1490. The molecule has 1 amide bonds. The number of amides is 1. The lowest BCUT2D eigenvalue weighted by atomic mass is 9.98. The molecule has 34 heavy (non-hydrogen) atoms. The Morgan fingerprint density at radius 2 is 1.85 bits per heavy atom. The van der Waals surface area contributed by atoms with E-state index in [1.54, 1.807) is 54.6 Å². The summed E-state index contributed by atoms with van der Waals surface area (Å²) < 4.78 is 30.8. The number of carbonyl (C=O) groups excluding carboxylic acids is 1. The van der Waals surface area contributed by atoms with Gasteiger partial charge >= 0.3 is 0 Å². The van der Waals surface area contributed by atoms with E-state index in [1.807, 2.05) is 0 Å². The van der Waals surface area contributed by atoms with E-state index in [-0.39, 0.29) is 22.3 Å². The number of anilines is 1. The van der Waals surface area contributed by atoms with Gasteiger partial charge in [0.05, 0.1) is 24.1 Å². The van der Waals surface area contributed by atoms with Crippen LogP contribution in [0.3, 0.4) is 0 Å². The summed E-state index contributed by atoms with van der Waals surface area (Å²) in [6.45, 7) is 3.96. The summed E-state index contributed by atoms with van der Waals surface area (Å²) in [5, 5.41) is 0.0723. The maximum absolute atomic E-state index is 14.0. The molecule has 2 heterocycles. The summed E-state index contributed by atoms with van der Waals surface area (Å²) in [5.41, 5.74) is 0.990. The zero-order valence-electron chi connectivity index (χ0n) is 18.3. The summed E-state index contributed by atoms with van der Waals surface area (Å²) in [6.07, 6.45) is 1.62. The molecule has 1 aromatic heterocycles. The summed E-state index contributed by atoms with van der Waals surface area (Å²) in [5.74, 6) is -0.0110. The van der Waals surface area contributed by atoms with Crippen LogP contribution in [-0.4, -0.2) is 19.6 Å². The van der Waals surface area contributed by atoms with Crippen molar-refractivity contribution in [3.8, 4) is 11.5 Å². The summed E-state index contributed by atoms with van der Waals surface area (Å²) >= 11 is 0. The lowest BCUT2D eigenvalue weighted by Crippen LogP contribution is -2.29. The number of hydrogen-bond acceptors (Lipinski definition) is 5. The molecule has 1 aliphatic rings. The van der Waals surface area contributed by atoms with Gasteiger partial charge in [-0.15, -0.1) is 0 Å². The Labute approximate surface area is 194 Å². The van der Waals surface area contributed by atoms with Crippen LogP contribution in [-0.2, 0) is 0 Å². The molecular weight excluding hydrogens is 437 g/mol. The molecule has 0 aliphatic carbocycles. The monoisotopic (exact) mass is 457 g/mol. The summed E-state index contributed by atoms with van der Waals surface area (Å²) in [6, 6.07) is 17.0. The Morgan fingerprint density at radius 3 is 2.65 bits per heavy atom. The molecule has 1 aliphatic heterocycles. The van der Waals surface area contributed by atoms with Gasteiger partial charge in [0.2, 0.25) is 5.76 Å². The molecule has 170 valence electrons. The van der Waals surface area contributed by atoms with Crippen LogP contribution in [0.25, 0.3) is 11.0 Å². The minimum absolute atomic E-state index is 0.0723. The van der Waals surface area contributed by atoms with Gasteiger partial charge in [0.25, 0.3) is 5.91 Å². The van der Waals surface area contributed by atoms with E-state index in [2.05, 4.69) is 6.58 Å². The molecule has 0 radical (unpaired) electrons. The highest BCUT2D eigenvalue weighted by molar-refractivity contribution is 6.10. The average Bonchev–Trinajstić information content (AvgIpc) is 3.16. The first-order chi connectivity index (χ1) is 16.5. The van der Waals surface area contributed by atoms with Gasteiger partial charge in [-0.05, 0) is 48.0 Å². The molecule has 1 unspecified atom stereocenters.